The van der Waals surface area contributed by atoms with Gasteiger partial charge in [0.2, 0.25) is 0 Å². The minimum atomic E-state index is -0.493. The number of halogens is 2. The maximum Gasteiger partial charge on any atom is 0.273 e. The molecule has 0 bridgehead atoms. The van der Waals surface area contributed by atoms with Crippen molar-refractivity contribution >= 4 is 39.0 Å². The molecule has 86 valence electrons. The molecule has 0 spiro atoms. The van der Waals surface area contributed by atoms with Crippen molar-refractivity contribution in [2.45, 2.75) is 12.3 Å². The maximum absolute atomic E-state index is 11.3. The minimum Gasteiger partial charge on any atom is -0.298 e. The van der Waals surface area contributed by atoms with Gasteiger partial charge in [0.15, 0.2) is 0 Å². The number of hydrogen-bond acceptors (Lipinski definition) is 3. The maximum atomic E-state index is 11.3. The second-order valence-corrected chi connectivity index (χ2v) is 3.98. The van der Waals surface area contributed by atoms with E-state index in [1.807, 2.05) is 0 Å². The van der Waals surface area contributed by atoms with Crippen LogP contribution in [-0.2, 0) is 17.1 Å². The Morgan fingerprint density at radius 2 is 2.19 bits per heavy atom. The van der Waals surface area contributed by atoms with Gasteiger partial charge in [-0.3, -0.25) is 14.9 Å². The third-order valence-corrected chi connectivity index (χ3v) is 3.03. The highest BCUT2D eigenvalue weighted by atomic mass is 79.9. The van der Waals surface area contributed by atoms with E-state index in [2.05, 4.69) is 15.9 Å². The lowest BCUT2D eigenvalue weighted by molar-refractivity contribution is -0.385. The highest BCUT2D eigenvalue weighted by Crippen LogP contribution is 2.24. The fourth-order valence-corrected chi connectivity index (χ4v) is 1.81. The molecule has 0 aromatic heterocycles. The van der Waals surface area contributed by atoms with Gasteiger partial charge in [-0.1, -0.05) is 28.1 Å². The molecule has 0 saturated heterocycles. The number of nitro benzene ring substituents is 1. The topological polar surface area (TPSA) is 60.2 Å². The highest BCUT2D eigenvalue weighted by molar-refractivity contribution is 9.09. The molecule has 0 N–H and O–H groups in total. The molecular formula is C10H9BrClNO3. The summed E-state index contributed by atoms with van der Waals surface area (Å²) in [5.74, 6) is 0.0488. The molecule has 0 aliphatic carbocycles. The Morgan fingerprint density at radius 1 is 1.50 bits per heavy atom. The number of hydrogen-bond donors (Lipinski definition) is 0. The van der Waals surface area contributed by atoms with Gasteiger partial charge in [-0.25, -0.2) is 0 Å². The van der Waals surface area contributed by atoms with Crippen molar-refractivity contribution in [2.75, 3.05) is 5.33 Å². The largest absolute Gasteiger partial charge is 0.298 e. The molecule has 0 saturated carbocycles. The molecule has 6 heteroatoms. The van der Waals surface area contributed by atoms with Crippen molar-refractivity contribution in [1.29, 1.82) is 0 Å². The van der Waals surface area contributed by atoms with Gasteiger partial charge in [-0.2, -0.15) is 0 Å². The monoisotopic (exact) mass is 305 g/mol. The van der Waals surface area contributed by atoms with Crippen molar-refractivity contribution in [1.82, 2.24) is 0 Å². The molecular weight excluding hydrogens is 297 g/mol. The van der Waals surface area contributed by atoms with Crippen molar-refractivity contribution in [2.24, 2.45) is 0 Å². The summed E-state index contributed by atoms with van der Waals surface area (Å²) < 4.78 is 0. The Hall–Kier alpha value is -0.940. The van der Waals surface area contributed by atoms with E-state index in [1.165, 1.54) is 6.07 Å². The minimum absolute atomic E-state index is 0.0322. The first-order valence-corrected chi connectivity index (χ1v) is 6.14. The highest BCUT2D eigenvalue weighted by Gasteiger charge is 2.18. The normalized spacial score (nSPS) is 10.1. The number of nitrogens with zero attached hydrogens (tertiary/aromatic N) is 1. The second kappa shape index (κ2) is 5.96. The predicted octanol–water partition coefficient (Wildman–Crippen LogP) is 2.84. The van der Waals surface area contributed by atoms with Crippen LogP contribution in [0.1, 0.15) is 11.1 Å². The van der Waals surface area contributed by atoms with E-state index < -0.39 is 4.92 Å². The Kier molecular flexibility index (Phi) is 4.89. The summed E-state index contributed by atoms with van der Waals surface area (Å²) in [6, 6.07) is 4.64. The van der Waals surface area contributed by atoms with Gasteiger partial charge in [0, 0.05) is 23.9 Å². The van der Waals surface area contributed by atoms with Gasteiger partial charge >= 0.3 is 0 Å². The molecule has 0 amide bonds. The molecule has 1 aromatic rings. The zero-order valence-electron chi connectivity index (χ0n) is 8.28. The van der Waals surface area contributed by atoms with Crippen molar-refractivity contribution < 1.29 is 9.72 Å². The molecule has 0 aliphatic heterocycles. The van der Waals surface area contributed by atoms with E-state index in [9.17, 15) is 14.9 Å². The molecule has 0 fully saturated rings. The number of rotatable bonds is 5. The summed E-state index contributed by atoms with van der Waals surface area (Å²) in [4.78, 5) is 21.6. The van der Waals surface area contributed by atoms with E-state index in [-0.39, 0.29) is 29.1 Å². The zero-order valence-corrected chi connectivity index (χ0v) is 10.6. The van der Waals surface area contributed by atoms with Crippen LogP contribution in [0.2, 0.25) is 0 Å². The second-order valence-electron chi connectivity index (χ2n) is 3.15. The average Bonchev–Trinajstić information content (AvgIpc) is 2.28. The first kappa shape index (κ1) is 13.1. The van der Waals surface area contributed by atoms with E-state index in [0.29, 0.717) is 11.1 Å². The van der Waals surface area contributed by atoms with Gasteiger partial charge in [0.05, 0.1) is 10.3 Å². The Labute approximate surface area is 106 Å². The average molecular weight is 307 g/mol. The number of ketones is 1. The van der Waals surface area contributed by atoms with Crippen LogP contribution in [0.4, 0.5) is 5.69 Å². The fraction of sp³-hybridized carbons (Fsp3) is 0.300. The van der Waals surface area contributed by atoms with Gasteiger partial charge in [0.25, 0.3) is 5.69 Å². The number of nitro groups is 1. The molecule has 0 unspecified atom stereocenters. The molecule has 0 heterocycles. The van der Waals surface area contributed by atoms with Crippen LogP contribution in [0.25, 0.3) is 0 Å². The van der Waals surface area contributed by atoms with Crippen molar-refractivity contribution in [3.8, 4) is 0 Å². The molecule has 1 rings (SSSR count). The Morgan fingerprint density at radius 3 is 2.69 bits per heavy atom. The molecule has 16 heavy (non-hydrogen) atoms. The summed E-state index contributed by atoms with van der Waals surface area (Å²) in [6.45, 7) is 0. The summed E-state index contributed by atoms with van der Waals surface area (Å²) >= 11 is 8.72. The van der Waals surface area contributed by atoms with Crippen LogP contribution in [0.15, 0.2) is 18.2 Å². The molecule has 0 radical (unpaired) electrons. The SMILES string of the molecule is O=C(CBr)Cc1c(CCl)cccc1[N+](=O)[O-]. The number of Topliss-reactive ketones (excluding diaryl/α,β-unsaturated/α-hetero) is 1. The smallest absolute Gasteiger partial charge is 0.273 e. The van der Waals surface area contributed by atoms with E-state index in [1.54, 1.807) is 12.1 Å². The third kappa shape index (κ3) is 3.02. The lowest BCUT2D eigenvalue weighted by Gasteiger charge is -2.06. The quantitative estimate of drug-likeness (QED) is 0.477. The number of benzene rings is 1. The van der Waals surface area contributed by atoms with Gasteiger partial charge in [-0.15, -0.1) is 11.6 Å². The molecule has 4 nitrogen and oxygen atoms in total. The lowest BCUT2D eigenvalue weighted by Crippen LogP contribution is -2.08. The lowest BCUT2D eigenvalue weighted by atomic mass is 10.0. The molecule has 0 atom stereocenters. The summed E-state index contributed by atoms with van der Waals surface area (Å²) in [7, 11) is 0. The standard InChI is InChI=1S/C10H9BrClNO3/c11-5-8(14)4-9-7(6-12)2-1-3-10(9)13(15)16/h1-3H,4-6H2. The van der Waals surface area contributed by atoms with Gasteiger partial charge in [-0.05, 0) is 5.56 Å². The summed E-state index contributed by atoms with van der Waals surface area (Å²) in [5.41, 5.74) is 0.990. The fourth-order valence-electron chi connectivity index (χ4n) is 1.37. The third-order valence-electron chi connectivity index (χ3n) is 2.11. The first-order valence-electron chi connectivity index (χ1n) is 4.49. The predicted molar refractivity (Wildman–Crippen MR) is 65.2 cm³/mol. The van der Waals surface area contributed by atoms with Crippen LogP contribution in [-0.4, -0.2) is 16.0 Å². The first-order chi connectivity index (χ1) is 7.60. The van der Waals surface area contributed by atoms with E-state index in [4.69, 9.17) is 11.6 Å². The van der Waals surface area contributed by atoms with Crippen LogP contribution in [0.5, 0.6) is 0 Å². The Balaban J connectivity index is 3.19. The van der Waals surface area contributed by atoms with Crippen molar-refractivity contribution in [3.05, 3.63) is 39.4 Å². The summed E-state index contributed by atoms with van der Waals surface area (Å²) in [6.07, 6.45) is 0.0322. The zero-order chi connectivity index (χ0) is 12.1. The molecule has 0 aliphatic rings. The van der Waals surface area contributed by atoms with Gasteiger partial charge in [0.1, 0.15) is 5.78 Å². The van der Waals surface area contributed by atoms with Crippen LogP contribution >= 0.6 is 27.5 Å². The van der Waals surface area contributed by atoms with Crippen LogP contribution < -0.4 is 0 Å². The van der Waals surface area contributed by atoms with E-state index in [0.717, 1.165) is 0 Å². The van der Waals surface area contributed by atoms with Crippen LogP contribution in [0, 0.1) is 10.1 Å². The number of carbonyl (C=O) groups is 1. The Bertz CT molecular complexity index is 423. The number of alkyl halides is 2. The van der Waals surface area contributed by atoms with Crippen LogP contribution in [0.3, 0.4) is 0 Å². The van der Waals surface area contributed by atoms with Crippen molar-refractivity contribution in [3.63, 3.8) is 0 Å². The molecule has 1 aromatic carbocycles. The van der Waals surface area contributed by atoms with E-state index >= 15 is 0 Å². The number of carbonyl (C=O) groups excluding carboxylic acids is 1. The summed E-state index contributed by atoms with van der Waals surface area (Å²) in [5, 5.41) is 11.0. The van der Waals surface area contributed by atoms with Gasteiger partial charge < -0.3 is 0 Å².